The fraction of sp³-hybridized carbons (Fsp3) is 0.222. The highest BCUT2D eigenvalue weighted by Crippen LogP contribution is 2.35. The summed E-state index contributed by atoms with van der Waals surface area (Å²) in [5.74, 6) is -0.450. The van der Waals surface area contributed by atoms with Gasteiger partial charge >= 0.3 is 5.69 Å². The molecule has 1 aromatic carbocycles. The molecule has 86 valence electrons. The lowest BCUT2D eigenvalue weighted by atomic mass is 10.1. The lowest BCUT2D eigenvalue weighted by molar-refractivity contribution is -0.386. The number of benzene rings is 1. The molecule has 0 fully saturated rings. The summed E-state index contributed by atoms with van der Waals surface area (Å²) in [7, 11) is 1.29. The highest BCUT2D eigenvalue weighted by atomic mass is 79.9. The molecule has 0 radical (unpaired) electrons. The standard InChI is InChI=1S/C9H7BrClNO4/c1-16-7-3-2-5(11)8(6(13)4-10)9(7)12(14)15/h2-3H,4H2,1H3. The zero-order chi connectivity index (χ0) is 12.3. The number of hydrogen-bond donors (Lipinski definition) is 0. The fourth-order valence-electron chi connectivity index (χ4n) is 1.23. The number of alkyl halides is 1. The number of methoxy groups -OCH3 is 1. The van der Waals surface area contributed by atoms with Gasteiger partial charge in [-0.3, -0.25) is 14.9 Å². The second-order valence-corrected chi connectivity index (χ2v) is 3.76. The van der Waals surface area contributed by atoms with E-state index in [0.29, 0.717) is 0 Å². The summed E-state index contributed by atoms with van der Waals surface area (Å²) in [6.45, 7) is 0. The maximum absolute atomic E-state index is 11.5. The van der Waals surface area contributed by atoms with E-state index in [1.807, 2.05) is 0 Å². The van der Waals surface area contributed by atoms with E-state index in [1.54, 1.807) is 0 Å². The second-order valence-electron chi connectivity index (χ2n) is 2.79. The van der Waals surface area contributed by atoms with Gasteiger partial charge in [-0.05, 0) is 12.1 Å². The Bertz CT molecular complexity index is 449. The van der Waals surface area contributed by atoms with E-state index in [4.69, 9.17) is 16.3 Å². The van der Waals surface area contributed by atoms with Gasteiger partial charge in [-0.1, -0.05) is 27.5 Å². The molecule has 0 spiro atoms. The van der Waals surface area contributed by atoms with Gasteiger partial charge in [0.05, 0.1) is 22.4 Å². The smallest absolute Gasteiger partial charge is 0.323 e. The number of carbonyl (C=O) groups is 1. The molecule has 0 saturated carbocycles. The molecule has 16 heavy (non-hydrogen) atoms. The van der Waals surface area contributed by atoms with E-state index in [1.165, 1.54) is 19.2 Å². The van der Waals surface area contributed by atoms with Crippen LogP contribution in [0, 0.1) is 10.1 Å². The molecule has 0 unspecified atom stereocenters. The molecule has 0 bridgehead atoms. The fourth-order valence-corrected chi connectivity index (χ4v) is 1.76. The predicted molar refractivity (Wildman–Crippen MR) is 62.8 cm³/mol. The Hall–Kier alpha value is -1.14. The first kappa shape index (κ1) is 12.9. The maximum atomic E-state index is 11.5. The average Bonchev–Trinajstić information content (AvgIpc) is 2.27. The van der Waals surface area contributed by atoms with Gasteiger partial charge in [-0.15, -0.1) is 0 Å². The minimum absolute atomic E-state index is 0.0127. The summed E-state index contributed by atoms with van der Waals surface area (Å²) in [5, 5.41) is 10.9. The van der Waals surface area contributed by atoms with E-state index < -0.39 is 16.4 Å². The van der Waals surface area contributed by atoms with Crippen molar-refractivity contribution in [1.82, 2.24) is 0 Å². The third kappa shape index (κ3) is 2.33. The molecule has 0 aliphatic carbocycles. The maximum Gasteiger partial charge on any atom is 0.323 e. The molecular weight excluding hydrogens is 301 g/mol. The first-order chi connectivity index (χ1) is 7.52. The molecule has 0 atom stereocenters. The molecule has 1 rings (SSSR count). The Morgan fingerprint density at radius 3 is 2.69 bits per heavy atom. The van der Waals surface area contributed by atoms with Crippen molar-refractivity contribution in [1.29, 1.82) is 0 Å². The molecule has 0 heterocycles. The van der Waals surface area contributed by atoms with Crippen molar-refractivity contribution < 1.29 is 14.5 Å². The number of nitrogens with zero attached hydrogens (tertiary/aromatic N) is 1. The molecule has 0 saturated heterocycles. The Morgan fingerprint density at radius 1 is 1.62 bits per heavy atom. The summed E-state index contributed by atoms with van der Waals surface area (Å²) in [6.07, 6.45) is 0. The van der Waals surface area contributed by atoms with Crippen molar-refractivity contribution in [2.75, 3.05) is 12.4 Å². The number of ketones is 1. The minimum Gasteiger partial charge on any atom is -0.490 e. The summed E-state index contributed by atoms with van der Waals surface area (Å²) in [6, 6.07) is 2.74. The molecule has 0 aromatic heterocycles. The monoisotopic (exact) mass is 307 g/mol. The van der Waals surface area contributed by atoms with Crippen LogP contribution in [0.4, 0.5) is 5.69 Å². The highest BCUT2D eigenvalue weighted by molar-refractivity contribution is 9.09. The van der Waals surface area contributed by atoms with Gasteiger partial charge in [0.2, 0.25) is 0 Å². The van der Waals surface area contributed by atoms with E-state index in [-0.39, 0.29) is 21.7 Å². The van der Waals surface area contributed by atoms with Crippen molar-refractivity contribution in [3.63, 3.8) is 0 Å². The number of nitro benzene ring substituents is 1. The zero-order valence-electron chi connectivity index (χ0n) is 8.20. The Balaban J connectivity index is 3.54. The van der Waals surface area contributed by atoms with Crippen LogP contribution < -0.4 is 4.74 Å². The average molecular weight is 309 g/mol. The number of hydrogen-bond acceptors (Lipinski definition) is 4. The molecule has 5 nitrogen and oxygen atoms in total. The van der Waals surface area contributed by atoms with E-state index in [0.717, 1.165) is 0 Å². The van der Waals surface area contributed by atoms with Crippen LogP contribution in [-0.2, 0) is 0 Å². The van der Waals surface area contributed by atoms with Crippen molar-refractivity contribution >= 4 is 39.0 Å². The van der Waals surface area contributed by atoms with Crippen LogP contribution in [0.1, 0.15) is 10.4 Å². The van der Waals surface area contributed by atoms with Crippen LogP contribution >= 0.6 is 27.5 Å². The first-order valence-corrected chi connectivity index (χ1v) is 5.63. The molecule has 7 heteroatoms. The van der Waals surface area contributed by atoms with Gasteiger partial charge in [0.25, 0.3) is 0 Å². The number of carbonyl (C=O) groups excluding carboxylic acids is 1. The number of nitro groups is 1. The van der Waals surface area contributed by atoms with Gasteiger partial charge < -0.3 is 4.74 Å². The largest absolute Gasteiger partial charge is 0.490 e. The first-order valence-electron chi connectivity index (χ1n) is 4.13. The lowest BCUT2D eigenvalue weighted by Gasteiger charge is -2.06. The van der Waals surface area contributed by atoms with Crippen LogP contribution in [0.3, 0.4) is 0 Å². The molecule has 0 aliphatic rings. The minimum atomic E-state index is -0.680. The number of Topliss-reactive ketones (excluding diaryl/α,β-unsaturated/α-hetero) is 1. The molecule has 0 amide bonds. The quantitative estimate of drug-likeness (QED) is 0.371. The van der Waals surface area contributed by atoms with E-state index in [9.17, 15) is 14.9 Å². The third-order valence-corrected chi connectivity index (χ3v) is 2.72. The van der Waals surface area contributed by atoms with Crippen LogP contribution in [0.25, 0.3) is 0 Å². The molecular formula is C9H7BrClNO4. The number of ether oxygens (including phenoxy) is 1. The second kappa shape index (κ2) is 5.27. The van der Waals surface area contributed by atoms with Gasteiger partial charge in [0.15, 0.2) is 11.5 Å². The Labute approximate surface area is 105 Å². The van der Waals surface area contributed by atoms with Gasteiger partial charge in [0, 0.05) is 0 Å². The predicted octanol–water partition coefficient (Wildman–Crippen LogP) is 2.83. The van der Waals surface area contributed by atoms with Crippen LogP contribution in [0.5, 0.6) is 5.75 Å². The molecule has 0 aliphatic heterocycles. The topological polar surface area (TPSA) is 69.4 Å². The van der Waals surface area contributed by atoms with E-state index >= 15 is 0 Å². The molecule has 0 N–H and O–H groups in total. The normalized spacial score (nSPS) is 9.94. The summed E-state index contributed by atoms with van der Waals surface area (Å²) in [5.41, 5.74) is -0.539. The van der Waals surface area contributed by atoms with Gasteiger partial charge in [-0.2, -0.15) is 0 Å². The van der Waals surface area contributed by atoms with Gasteiger partial charge in [-0.25, -0.2) is 0 Å². The Morgan fingerprint density at radius 2 is 2.25 bits per heavy atom. The van der Waals surface area contributed by atoms with Crippen LogP contribution in [0.15, 0.2) is 12.1 Å². The highest BCUT2D eigenvalue weighted by Gasteiger charge is 2.27. The Kier molecular flexibility index (Phi) is 4.26. The van der Waals surface area contributed by atoms with Crippen molar-refractivity contribution in [3.05, 3.63) is 32.8 Å². The van der Waals surface area contributed by atoms with Crippen LogP contribution in [0.2, 0.25) is 5.02 Å². The molecule has 1 aromatic rings. The van der Waals surface area contributed by atoms with Crippen molar-refractivity contribution in [3.8, 4) is 5.75 Å². The van der Waals surface area contributed by atoms with E-state index in [2.05, 4.69) is 15.9 Å². The summed E-state index contributed by atoms with van der Waals surface area (Å²) >= 11 is 8.72. The van der Waals surface area contributed by atoms with Crippen LogP contribution in [-0.4, -0.2) is 23.1 Å². The SMILES string of the molecule is COc1ccc(Cl)c(C(=O)CBr)c1[N+](=O)[O-]. The summed E-state index contributed by atoms with van der Waals surface area (Å²) < 4.78 is 4.83. The summed E-state index contributed by atoms with van der Waals surface area (Å²) in [4.78, 5) is 21.7. The number of halogens is 2. The lowest BCUT2D eigenvalue weighted by Crippen LogP contribution is -2.07. The zero-order valence-corrected chi connectivity index (χ0v) is 10.5. The van der Waals surface area contributed by atoms with Crippen molar-refractivity contribution in [2.45, 2.75) is 0 Å². The third-order valence-electron chi connectivity index (χ3n) is 1.89. The van der Waals surface area contributed by atoms with Crippen molar-refractivity contribution in [2.24, 2.45) is 0 Å². The number of rotatable bonds is 4. The van der Waals surface area contributed by atoms with Gasteiger partial charge in [0.1, 0.15) is 5.56 Å².